The summed E-state index contributed by atoms with van der Waals surface area (Å²) in [6.45, 7) is 2.02. The molecule has 0 spiro atoms. The van der Waals surface area contributed by atoms with Crippen molar-refractivity contribution in [2.24, 2.45) is 0 Å². The highest BCUT2D eigenvalue weighted by atomic mass is 19.1. The Bertz CT molecular complexity index is 861. The number of rotatable bonds is 3. The molecular weight excluding hydrogens is 343 g/mol. The predicted molar refractivity (Wildman–Crippen MR) is 102 cm³/mol. The molecule has 2 aromatic carbocycles. The number of aryl methyl sites for hydroxylation is 1. The van der Waals surface area contributed by atoms with Crippen LogP contribution < -0.4 is 0 Å². The molecule has 1 fully saturated rings. The van der Waals surface area contributed by atoms with Crippen LogP contribution in [0.3, 0.4) is 0 Å². The van der Waals surface area contributed by atoms with E-state index in [1.165, 1.54) is 12.1 Å². The number of benzene rings is 2. The van der Waals surface area contributed by atoms with Crippen LogP contribution in [-0.4, -0.2) is 26.1 Å². The van der Waals surface area contributed by atoms with Crippen LogP contribution in [0.2, 0.25) is 0 Å². The molecule has 0 aliphatic heterocycles. The molecule has 0 bridgehead atoms. The molecule has 1 saturated carbocycles. The highest BCUT2D eigenvalue weighted by molar-refractivity contribution is 5.63. The molecule has 5 heteroatoms. The van der Waals surface area contributed by atoms with Gasteiger partial charge in [0, 0.05) is 5.56 Å². The predicted octanol–water partition coefficient (Wildman–Crippen LogP) is 4.11. The van der Waals surface area contributed by atoms with E-state index in [0.717, 1.165) is 22.5 Å². The number of aliphatic hydroxyl groups excluding tert-OH is 1. The molecule has 1 aliphatic carbocycles. The van der Waals surface area contributed by atoms with Crippen molar-refractivity contribution >= 4 is 0 Å². The Balaban J connectivity index is 1.82. The number of aliphatic hydroxyl groups is 2. The first-order chi connectivity index (χ1) is 12.9. The summed E-state index contributed by atoms with van der Waals surface area (Å²) in [6, 6.07) is 16.1. The number of hydrogen-bond acceptors (Lipinski definition) is 3. The lowest BCUT2D eigenvalue weighted by Gasteiger charge is -2.32. The summed E-state index contributed by atoms with van der Waals surface area (Å²) in [4.78, 5) is 0. The van der Waals surface area contributed by atoms with Crippen molar-refractivity contribution in [2.45, 2.75) is 44.3 Å². The van der Waals surface area contributed by atoms with Gasteiger partial charge >= 0.3 is 0 Å². The van der Waals surface area contributed by atoms with E-state index in [2.05, 4.69) is 0 Å². The summed E-state index contributed by atoms with van der Waals surface area (Å²) in [5.41, 5.74) is 3.20. The molecule has 27 heavy (non-hydrogen) atoms. The monoisotopic (exact) mass is 366 g/mol. The van der Waals surface area contributed by atoms with Gasteiger partial charge in [0.1, 0.15) is 11.4 Å². The summed E-state index contributed by atoms with van der Waals surface area (Å²) in [5.74, 6) is -0.291. The summed E-state index contributed by atoms with van der Waals surface area (Å²) < 4.78 is 15.2. The fraction of sp³-hybridized carbons (Fsp3) is 0.318. The minimum Gasteiger partial charge on any atom is -0.393 e. The maximum absolute atomic E-state index is 13.4. The highest BCUT2D eigenvalue weighted by Crippen LogP contribution is 2.38. The Morgan fingerprint density at radius 2 is 1.67 bits per heavy atom. The average Bonchev–Trinajstić information content (AvgIpc) is 3.12. The number of hydrogen-bond donors (Lipinski definition) is 2. The molecule has 1 aliphatic rings. The molecule has 0 saturated heterocycles. The number of nitrogens with zero attached hydrogens (tertiary/aromatic N) is 2. The van der Waals surface area contributed by atoms with E-state index >= 15 is 0 Å². The Morgan fingerprint density at radius 1 is 1.04 bits per heavy atom. The summed E-state index contributed by atoms with van der Waals surface area (Å²) in [6.07, 6.45) is 1.70. The molecule has 1 aromatic heterocycles. The largest absolute Gasteiger partial charge is 0.393 e. The Labute approximate surface area is 157 Å². The lowest BCUT2D eigenvalue weighted by Crippen LogP contribution is -2.33. The Morgan fingerprint density at radius 3 is 2.30 bits per heavy atom. The molecule has 4 rings (SSSR count). The first-order valence-corrected chi connectivity index (χ1v) is 9.29. The second-order valence-electron chi connectivity index (χ2n) is 7.43. The van der Waals surface area contributed by atoms with Crippen LogP contribution in [0.25, 0.3) is 16.9 Å². The van der Waals surface area contributed by atoms with Crippen LogP contribution in [0.4, 0.5) is 4.39 Å². The van der Waals surface area contributed by atoms with Gasteiger partial charge in [-0.25, -0.2) is 9.07 Å². The molecule has 0 unspecified atom stereocenters. The Kier molecular flexibility index (Phi) is 4.58. The van der Waals surface area contributed by atoms with E-state index in [-0.39, 0.29) is 11.9 Å². The normalized spacial score (nSPS) is 22.7. The van der Waals surface area contributed by atoms with E-state index < -0.39 is 5.60 Å². The third-order valence-electron chi connectivity index (χ3n) is 5.39. The van der Waals surface area contributed by atoms with Gasteiger partial charge in [-0.1, -0.05) is 17.7 Å². The molecular formula is C22H23FN2O2. The summed E-state index contributed by atoms with van der Waals surface area (Å²) in [5, 5.41) is 25.6. The van der Waals surface area contributed by atoms with Gasteiger partial charge in [0.05, 0.1) is 23.2 Å². The third kappa shape index (κ3) is 3.53. The van der Waals surface area contributed by atoms with Gasteiger partial charge in [-0.15, -0.1) is 0 Å². The van der Waals surface area contributed by atoms with Crippen LogP contribution in [0.1, 0.15) is 36.9 Å². The summed E-state index contributed by atoms with van der Waals surface area (Å²) in [7, 11) is 0. The van der Waals surface area contributed by atoms with Gasteiger partial charge in [0.15, 0.2) is 0 Å². The van der Waals surface area contributed by atoms with Crippen LogP contribution in [0.15, 0.2) is 54.6 Å². The molecule has 0 amide bonds. The van der Waals surface area contributed by atoms with Crippen molar-refractivity contribution in [3.05, 3.63) is 71.7 Å². The molecule has 1 heterocycles. The molecule has 0 atom stereocenters. The molecule has 4 nitrogen and oxygen atoms in total. The van der Waals surface area contributed by atoms with Gasteiger partial charge < -0.3 is 10.2 Å². The van der Waals surface area contributed by atoms with Gasteiger partial charge in [-0.05, 0) is 75.1 Å². The zero-order valence-electron chi connectivity index (χ0n) is 15.3. The average molecular weight is 366 g/mol. The van der Waals surface area contributed by atoms with Crippen LogP contribution in [-0.2, 0) is 5.60 Å². The van der Waals surface area contributed by atoms with Crippen molar-refractivity contribution in [2.75, 3.05) is 0 Å². The lowest BCUT2D eigenvalue weighted by molar-refractivity contribution is -0.0393. The van der Waals surface area contributed by atoms with Gasteiger partial charge in [-0.3, -0.25) is 0 Å². The van der Waals surface area contributed by atoms with Crippen LogP contribution in [0.5, 0.6) is 0 Å². The SMILES string of the molecule is Cc1ccc(-n2nc(C3(O)CCC(O)CC3)cc2-c2ccc(F)cc2)cc1. The van der Waals surface area contributed by atoms with E-state index in [9.17, 15) is 14.6 Å². The van der Waals surface area contributed by atoms with Crippen molar-refractivity contribution in [3.63, 3.8) is 0 Å². The quantitative estimate of drug-likeness (QED) is 0.733. The zero-order valence-corrected chi connectivity index (χ0v) is 15.3. The van der Waals surface area contributed by atoms with Crippen LogP contribution >= 0.6 is 0 Å². The molecule has 140 valence electrons. The van der Waals surface area contributed by atoms with E-state index in [1.54, 1.807) is 16.8 Å². The van der Waals surface area contributed by atoms with E-state index in [1.807, 2.05) is 37.3 Å². The smallest absolute Gasteiger partial charge is 0.123 e. The first-order valence-electron chi connectivity index (χ1n) is 9.29. The fourth-order valence-corrected chi connectivity index (χ4v) is 3.65. The summed E-state index contributed by atoms with van der Waals surface area (Å²) >= 11 is 0. The van der Waals surface area contributed by atoms with Crippen molar-refractivity contribution in [1.29, 1.82) is 0 Å². The third-order valence-corrected chi connectivity index (χ3v) is 5.39. The molecule has 3 aromatic rings. The van der Waals surface area contributed by atoms with Crippen molar-refractivity contribution in [3.8, 4) is 16.9 Å². The first kappa shape index (κ1) is 17.9. The van der Waals surface area contributed by atoms with Gasteiger partial charge in [-0.2, -0.15) is 5.10 Å². The standard InChI is InChI=1S/C22H23FN2O2/c1-15-2-8-18(9-3-15)25-20(16-4-6-17(23)7-5-16)14-21(24-25)22(27)12-10-19(26)11-13-22/h2-9,14,19,26-27H,10-13H2,1H3. The maximum Gasteiger partial charge on any atom is 0.123 e. The number of aromatic nitrogens is 2. The second-order valence-corrected chi connectivity index (χ2v) is 7.43. The van der Waals surface area contributed by atoms with Crippen molar-refractivity contribution in [1.82, 2.24) is 9.78 Å². The fourth-order valence-electron chi connectivity index (χ4n) is 3.65. The van der Waals surface area contributed by atoms with Gasteiger partial charge in [0.25, 0.3) is 0 Å². The highest BCUT2D eigenvalue weighted by Gasteiger charge is 2.37. The number of halogens is 1. The lowest BCUT2D eigenvalue weighted by atomic mass is 9.81. The minimum atomic E-state index is -1.05. The molecule has 0 radical (unpaired) electrons. The molecule has 2 N–H and O–H groups in total. The van der Waals surface area contributed by atoms with E-state index in [4.69, 9.17) is 5.10 Å². The maximum atomic E-state index is 13.4. The van der Waals surface area contributed by atoms with Crippen molar-refractivity contribution < 1.29 is 14.6 Å². The van der Waals surface area contributed by atoms with Crippen LogP contribution in [0, 0.1) is 12.7 Å². The zero-order chi connectivity index (χ0) is 19.0. The second kappa shape index (κ2) is 6.91. The minimum absolute atomic E-state index is 0.291. The van der Waals surface area contributed by atoms with E-state index in [0.29, 0.717) is 31.4 Å². The Hall–Kier alpha value is -2.50. The topological polar surface area (TPSA) is 58.3 Å². The van der Waals surface area contributed by atoms with Gasteiger partial charge in [0.2, 0.25) is 0 Å².